The highest BCUT2D eigenvalue weighted by Gasteiger charge is 2.17. The highest BCUT2D eigenvalue weighted by atomic mass is 19.1. The van der Waals surface area contributed by atoms with Gasteiger partial charge in [-0.15, -0.1) is 0 Å². The minimum absolute atomic E-state index is 0.0294. The predicted molar refractivity (Wildman–Crippen MR) is 84.3 cm³/mol. The van der Waals surface area contributed by atoms with Crippen LogP contribution in [0.25, 0.3) is 0 Å². The maximum absolute atomic E-state index is 13.6. The monoisotopic (exact) mass is 287 g/mol. The fourth-order valence-electron chi connectivity index (χ4n) is 2.58. The van der Waals surface area contributed by atoms with Crippen molar-refractivity contribution in [3.05, 3.63) is 65.0 Å². The molecule has 0 radical (unpaired) electrons. The van der Waals surface area contributed by atoms with Crippen LogP contribution in [0.5, 0.6) is 5.75 Å². The molecule has 1 atom stereocenters. The van der Waals surface area contributed by atoms with E-state index in [0.29, 0.717) is 0 Å². The standard InChI is InChI=1S/C18H22FNO/c1-4-20-17(11-14-8-6-5-7-13(14)2)16-12-15(19)9-10-18(16)21-3/h5-10,12,17,20H,4,11H2,1-3H3. The molecule has 0 aliphatic heterocycles. The number of benzene rings is 2. The van der Waals surface area contributed by atoms with E-state index in [2.05, 4.69) is 31.3 Å². The first-order valence-corrected chi connectivity index (χ1v) is 7.27. The van der Waals surface area contributed by atoms with Crippen molar-refractivity contribution in [1.29, 1.82) is 0 Å². The third kappa shape index (κ3) is 3.82. The van der Waals surface area contributed by atoms with Crippen LogP contribution in [-0.4, -0.2) is 13.7 Å². The van der Waals surface area contributed by atoms with Crippen LogP contribution in [-0.2, 0) is 6.42 Å². The Morgan fingerprint density at radius 3 is 2.62 bits per heavy atom. The topological polar surface area (TPSA) is 21.3 Å². The predicted octanol–water partition coefficient (Wildman–Crippen LogP) is 4.04. The number of hydrogen-bond acceptors (Lipinski definition) is 2. The van der Waals surface area contributed by atoms with Gasteiger partial charge in [0.2, 0.25) is 0 Å². The van der Waals surface area contributed by atoms with Gasteiger partial charge in [0.1, 0.15) is 11.6 Å². The van der Waals surface area contributed by atoms with E-state index in [1.807, 2.05) is 12.1 Å². The van der Waals surface area contributed by atoms with E-state index >= 15 is 0 Å². The zero-order chi connectivity index (χ0) is 15.2. The first kappa shape index (κ1) is 15.5. The SMILES string of the molecule is CCNC(Cc1ccccc1C)c1cc(F)ccc1OC. The molecule has 0 aliphatic carbocycles. The maximum atomic E-state index is 13.6. The van der Waals surface area contributed by atoms with Gasteiger partial charge in [0.05, 0.1) is 7.11 Å². The van der Waals surface area contributed by atoms with Gasteiger partial charge in [-0.1, -0.05) is 31.2 Å². The minimum atomic E-state index is -0.238. The van der Waals surface area contributed by atoms with Crippen molar-refractivity contribution in [1.82, 2.24) is 5.32 Å². The molecule has 0 amide bonds. The first-order chi connectivity index (χ1) is 10.2. The molecule has 0 heterocycles. The fourth-order valence-corrected chi connectivity index (χ4v) is 2.58. The van der Waals surface area contributed by atoms with Gasteiger partial charge in [-0.2, -0.15) is 0 Å². The maximum Gasteiger partial charge on any atom is 0.123 e. The Morgan fingerprint density at radius 1 is 1.19 bits per heavy atom. The van der Waals surface area contributed by atoms with E-state index in [-0.39, 0.29) is 11.9 Å². The molecule has 0 spiro atoms. The zero-order valence-corrected chi connectivity index (χ0v) is 12.8. The molecular weight excluding hydrogens is 265 g/mol. The summed E-state index contributed by atoms with van der Waals surface area (Å²) in [5, 5.41) is 3.43. The Labute approximate surface area is 126 Å². The van der Waals surface area contributed by atoms with Crippen LogP contribution in [0, 0.1) is 12.7 Å². The Bertz CT molecular complexity index is 598. The average molecular weight is 287 g/mol. The van der Waals surface area contributed by atoms with E-state index in [1.165, 1.54) is 17.2 Å². The van der Waals surface area contributed by atoms with Crippen molar-refractivity contribution >= 4 is 0 Å². The lowest BCUT2D eigenvalue weighted by molar-refractivity contribution is 0.397. The summed E-state index contributed by atoms with van der Waals surface area (Å²) in [5.41, 5.74) is 3.37. The molecule has 2 rings (SSSR count). The molecular formula is C18H22FNO. The molecule has 0 aromatic heterocycles. The third-order valence-corrected chi connectivity index (χ3v) is 3.70. The molecule has 0 aliphatic rings. The summed E-state index contributed by atoms with van der Waals surface area (Å²) in [6, 6.07) is 13.0. The van der Waals surface area contributed by atoms with Gasteiger partial charge in [0, 0.05) is 11.6 Å². The van der Waals surface area contributed by atoms with Crippen molar-refractivity contribution in [3.63, 3.8) is 0 Å². The summed E-state index contributed by atoms with van der Waals surface area (Å²) >= 11 is 0. The van der Waals surface area contributed by atoms with E-state index in [4.69, 9.17) is 4.74 Å². The molecule has 2 nitrogen and oxygen atoms in total. The lowest BCUT2D eigenvalue weighted by Crippen LogP contribution is -2.24. The Balaban J connectivity index is 2.35. The minimum Gasteiger partial charge on any atom is -0.496 e. The molecule has 0 fully saturated rings. The number of likely N-dealkylation sites (N-methyl/N-ethyl adjacent to an activating group) is 1. The summed E-state index contributed by atoms with van der Waals surface area (Å²) in [7, 11) is 1.62. The van der Waals surface area contributed by atoms with Crippen molar-refractivity contribution in [2.24, 2.45) is 0 Å². The van der Waals surface area contributed by atoms with Gasteiger partial charge in [-0.05, 0) is 49.2 Å². The van der Waals surface area contributed by atoms with E-state index in [9.17, 15) is 4.39 Å². The summed E-state index contributed by atoms with van der Waals surface area (Å²) in [5.74, 6) is 0.481. The molecule has 21 heavy (non-hydrogen) atoms. The molecule has 2 aromatic carbocycles. The number of ether oxygens (including phenoxy) is 1. The Hall–Kier alpha value is -1.87. The molecule has 1 N–H and O–H groups in total. The van der Waals surface area contributed by atoms with E-state index in [1.54, 1.807) is 19.2 Å². The molecule has 0 saturated carbocycles. The van der Waals surface area contributed by atoms with Crippen LogP contribution >= 0.6 is 0 Å². The number of aryl methyl sites for hydroxylation is 1. The van der Waals surface area contributed by atoms with Crippen LogP contribution in [0.2, 0.25) is 0 Å². The second-order valence-electron chi connectivity index (χ2n) is 5.13. The first-order valence-electron chi connectivity index (χ1n) is 7.27. The van der Waals surface area contributed by atoms with Crippen LogP contribution in [0.15, 0.2) is 42.5 Å². The van der Waals surface area contributed by atoms with E-state index in [0.717, 1.165) is 24.3 Å². The highest BCUT2D eigenvalue weighted by molar-refractivity contribution is 5.38. The molecule has 0 saturated heterocycles. The third-order valence-electron chi connectivity index (χ3n) is 3.70. The number of rotatable bonds is 6. The summed E-state index contributed by atoms with van der Waals surface area (Å²) in [4.78, 5) is 0. The zero-order valence-electron chi connectivity index (χ0n) is 12.8. The van der Waals surface area contributed by atoms with Crippen molar-refractivity contribution in [2.75, 3.05) is 13.7 Å². The van der Waals surface area contributed by atoms with Gasteiger partial charge >= 0.3 is 0 Å². The normalized spacial score (nSPS) is 12.2. The van der Waals surface area contributed by atoms with Crippen molar-refractivity contribution in [3.8, 4) is 5.75 Å². The molecule has 1 unspecified atom stereocenters. The van der Waals surface area contributed by atoms with Crippen LogP contribution in [0.3, 0.4) is 0 Å². The van der Waals surface area contributed by atoms with Crippen molar-refractivity contribution < 1.29 is 9.13 Å². The lowest BCUT2D eigenvalue weighted by atomic mass is 9.95. The Morgan fingerprint density at radius 2 is 1.95 bits per heavy atom. The van der Waals surface area contributed by atoms with Gasteiger partial charge in [-0.25, -0.2) is 4.39 Å². The summed E-state index contributed by atoms with van der Waals surface area (Å²) in [6.45, 7) is 4.97. The molecule has 112 valence electrons. The number of methoxy groups -OCH3 is 1. The molecule has 0 bridgehead atoms. The lowest BCUT2D eigenvalue weighted by Gasteiger charge is -2.22. The Kier molecular flexibility index (Phi) is 5.34. The smallest absolute Gasteiger partial charge is 0.123 e. The summed E-state index contributed by atoms with van der Waals surface area (Å²) in [6.07, 6.45) is 0.806. The van der Waals surface area contributed by atoms with Crippen LogP contribution in [0.1, 0.15) is 29.7 Å². The quantitative estimate of drug-likeness (QED) is 0.866. The molecule has 3 heteroatoms. The average Bonchev–Trinajstić information content (AvgIpc) is 2.49. The van der Waals surface area contributed by atoms with Crippen molar-refractivity contribution in [2.45, 2.75) is 26.3 Å². The number of halogens is 1. The second-order valence-corrected chi connectivity index (χ2v) is 5.13. The van der Waals surface area contributed by atoms with Crippen LogP contribution in [0.4, 0.5) is 4.39 Å². The number of nitrogens with one attached hydrogen (secondary N) is 1. The highest BCUT2D eigenvalue weighted by Crippen LogP contribution is 2.29. The van der Waals surface area contributed by atoms with Gasteiger partial charge in [-0.3, -0.25) is 0 Å². The van der Waals surface area contributed by atoms with Crippen LogP contribution < -0.4 is 10.1 Å². The summed E-state index contributed by atoms with van der Waals surface area (Å²) < 4.78 is 19.0. The largest absolute Gasteiger partial charge is 0.496 e. The number of hydrogen-bond donors (Lipinski definition) is 1. The van der Waals surface area contributed by atoms with E-state index < -0.39 is 0 Å². The van der Waals surface area contributed by atoms with Gasteiger partial charge in [0.15, 0.2) is 0 Å². The fraction of sp³-hybridized carbons (Fsp3) is 0.333. The second kappa shape index (κ2) is 7.23. The van der Waals surface area contributed by atoms with Gasteiger partial charge < -0.3 is 10.1 Å². The molecule has 2 aromatic rings. The van der Waals surface area contributed by atoms with Gasteiger partial charge in [0.25, 0.3) is 0 Å².